The highest BCUT2D eigenvalue weighted by Crippen LogP contribution is 2.76. The lowest BCUT2D eigenvalue weighted by Crippen LogP contribution is -2.15. The van der Waals surface area contributed by atoms with E-state index in [4.69, 9.17) is 0 Å². The Bertz CT molecular complexity index is 180. The molecule has 68 valence electrons. The van der Waals surface area contributed by atoms with Crippen molar-refractivity contribution >= 4 is 0 Å². The Morgan fingerprint density at radius 2 is 0.917 bits per heavy atom. The second kappa shape index (κ2) is 2.27. The molecule has 12 heavy (non-hydrogen) atoms. The molecule has 0 heterocycles. The molecule has 0 nitrogen and oxygen atoms in total. The minimum Gasteiger partial charge on any atom is -0.0533 e. The Morgan fingerprint density at radius 3 is 1.42 bits per heavy atom. The van der Waals surface area contributed by atoms with Crippen LogP contribution in [0.2, 0.25) is 0 Å². The molecule has 3 rings (SSSR count). The average Bonchev–Trinajstić information content (AvgIpc) is 2.47. The molecule has 3 aliphatic carbocycles. The maximum Gasteiger partial charge on any atom is -0.0235 e. The number of fused-ring (bicyclic) bond motifs is 1. The summed E-state index contributed by atoms with van der Waals surface area (Å²) in [6, 6.07) is 0. The van der Waals surface area contributed by atoms with Gasteiger partial charge >= 0.3 is 0 Å². The molecule has 3 fully saturated rings. The third-order valence-corrected chi connectivity index (χ3v) is 5.05. The van der Waals surface area contributed by atoms with Gasteiger partial charge in [-0.25, -0.2) is 0 Å². The summed E-state index contributed by atoms with van der Waals surface area (Å²) in [6.07, 6.45) is 15.7. The van der Waals surface area contributed by atoms with Crippen LogP contribution in [0.25, 0.3) is 0 Å². The maximum atomic E-state index is 1.62. The van der Waals surface area contributed by atoms with E-state index in [1.54, 1.807) is 57.8 Å². The van der Waals surface area contributed by atoms with E-state index >= 15 is 0 Å². The molecule has 0 aromatic heterocycles. The quantitative estimate of drug-likeness (QED) is 0.509. The average molecular weight is 164 g/mol. The lowest BCUT2D eigenvalue weighted by Gasteiger charge is -2.26. The number of hydrogen-bond acceptors (Lipinski definition) is 0. The van der Waals surface area contributed by atoms with Crippen molar-refractivity contribution in [2.45, 2.75) is 64.2 Å². The fourth-order valence-electron chi connectivity index (χ4n) is 4.30. The Morgan fingerprint density at radius 1 is 0.500 bits per heavy atom. The van der Waals surface area contributed by atoms with Crippen molar-refractivity contribution in [3.8, 4) is 0 Å². The molecule has 3 saturated carbocycles. The van der Waals surface area contributed by atoms with E-state index in [2.05, 4.69) is 0 Å². The first kappa shape index (κ1) is 7.41. The van der Waals surface area contributed by atoms with Crippen LogP contribution in [-0.2, 0) is 0 Å². The highest BCUT2D eigenvalue weighted by Gasteiger charge is 2.66. The third-order valence-electron chi connectivity index (χ3n) is 5.05. The minimum absolute atomic E-state index is 0.905. The Hall–Kier alpha value is 0. The van der Waals surface area contributed by atoms with Crippen LogP contribution in [0.1, 0.15) is 64.2 Å². The summed E-state index contributed by atoms with van der Waals surface area (Å²) in [7, 11) is 0. The molecule has 0 unspecified atom stereocenters. The minimum atomic E-state index is 0.905. The molecule has 2 spiro atoms. The van der Waals surface area contributed by atoms with Crippen LogP contribution in [0.4, 0.5) is 0 Å². The Balaban J connectivity index is 1.77. The van der Waals surface area contributed by atoms with Crippen molar-refractivity contribution in [1.29, 1.82) is 0 Å². The largest absolute Gasteiger partial charge is 0.0533 e. The van der Waals surface area contributed by atoms with E-state index < -0.39 is 0 Å². The molecular formula is C12H20. The van der Waals surface area contributed by atoms with Crippen molar-refractivity contribution in [3.63, 3.8) is 0 Å². The molecule has 3 aliphatic rings. The van der Waals surface area contributed by atoms with Crippen LogP contribution in [-0.4, -0.2) is 0 Å². The van der Waals surface area contributed by atoms with Crippen molar-refractivity contribution < 1.29 is 0 Å². The second-order valence-electron chi connectivity index (χ2n) is 5.51. The van der Waals surface area contributed by atoms with E-state index in [0.717, 1.165) is 10.8 Å². The van der Waals surface area contributed by atoms with E-state index in [1.807, 2.05) is 0 Å². The standard InChI is InChI=1S/C12H20/c1-2-6-11(7-3-1)10-12(11)8-4-5-9-12/h1-10H2. The predicted molar refractivity (Wildman–Crippen MR) is 51.0 cm³/mol. The zero-order valence-corrected chi connectivity index (χ0v) is 8.07. The van der Waals surface area contributed by atoms with Gasteiger partial charge in [-0.1, -0.05) is 32.1 Å². The highest BCUT2D eigenvalue weighted by molar-refractivity contribution is 5.16. The first-order valence-electron chi connectivity index (χ1n) is 5.87. The molecule has 0 aromatic rings. The number of rotatable bonds is 0. The summed E-state index contributed by atoms with van der Waals surface area (Å²) in [5.74, 6) is 0. The lowest BCUT2D eigenvalue weighted by atomic mass is 9.79. The molecule has 0 atom stereocenters. The van der Waals surface area contributed by atoms with Gasteiger partial charge < -0.3 is 0 Å². The Labute approximate surface area is 75.7 Å². The van der Waals surface area contributed by atoms with Gasteiger partial charge in [0.15, 0.2) is 0 Å². The monoisotopic (exact) mass is 164 g/mol. The Kier molecular flexibility index (Phi) is 1.40. The van der Waals surface area contributed by atoms with Crippen molar-refractivity contribution in [2.24, 2.45) is 10.8 Å². The van der Waals surface area contributed by atoms with Gasteiger partial charge in [-0.15, -0.1) is 0 Å². The highest BCUT2D eigenvalue weighted by atomic mass is 14.7. The zero-order chi connectivity index (χ0) is 8.07. The van der Waals surface area contributed by atoms with Crippen LogP contribution >= 0.6 is 0 Å². The van der Waals surface area contributed by atoms with Crippen molar-refractivity contribution in [1.82, 2.24) is 0 Å². The van der Waals surface area contributed by atoms with E-state index in [0.29, 0.717) is 0 Å². The maximum absolute atomic E-state index is 1.62. The fraction of sp³-hybridized carbons (Fsp3) is 1.00. The van der Waals surface area contributed by atoms with Crippen LogP contribution in [0.5, 0.6) is 0 Å². The normalized spacial score (nSPS) is 36.0. The predicted octanol–water partition coefficient (Wildman–Crippen LogP) is 3.90. The first-order valence-corrected chi connectivity index (χ1v) is 5.87. The van der Waals surface area contributed by atoms with Gasteiger partial charge in [-0.05, 0) is 42.9 Å². The zero-order valence-electron chi connectivity index (χ0n) is 8.07. The molecule has 0 heteroatoms. The van der Waals surface area contributed by atoms with Gasteiger partial charge in [-0.2, -0.15) is 0 Å². The summed E-state index contributed by atoms with van der Waals surface area (Å²) in [4.78, 5) is 0. The molecule has 0 aromatic carbocycles. The smallest absolute Gasteiger partial charge is 0.0235 e. The summed E-state index contributed by atoms with van der Waals surface area (Å²) in [6.45, 7) is 0. The van der Waals surface area contributed by atoms with Crippen LogP contribution < -0.4 is 0 Å². The van der Waals surface area contributed by atoms with Crippen molar-refractivity contribution in [2.75, 3.05) is 0 Å². The van der Waals surface area contributed by atoms with Gasteiger partial charge in [0.1, 0.15) is 0 Å². The van der Waals surface area contributed by atoms with E-state index in [9.17, 15) is 0 Å². The molecule has 0 amide bonds. The van der Waals surface area contributed by atoms with Crippen LogP contribution in [0.15, 0.2) is 0 Å². The first-order chi connectivity index (χ1) is 5.87. The van der Waals surface area contributed by atoms with Gasteiger partial charge in [0.2, 0.25) is 0 Å². The lowest BCUT2D eigenvalue weighted by molar-refractivity contribution is 0.248. The molecular weight excluding hydrogens is 144 g/mol. The molecule has 0 N–H and O–H groups in total. The van der Waals surface area contributed by atoms with E-state index in [-0.39, 0.29) is 0 Å². The molecule has 0 bridgehead atoms. The molecule has 0 radical (unpaired) electrons. The molecule has 0 aliphatic heterocycles. The van der Waals surface area contributed by atoms with E-state index in [1.165, 1.54) is 6.42 Å². The van der Waals surface area contributed by atoms with Gasteiger partial charge in [0.25, 0.3) is 0 Å². The van der Waals surface area contributed by atoms with Gasteiger partial charge in [0, 0.05) is 0 Å². The van der Waals surface area contributed by atoms with Gasteiger partial charge in [-0.3, -0.25) is 0 Å². The van der Waals surface area contributed by atoms with Crippen molar-refractivity contribution in [3.05, 3.63) is 0 Å². The molecule has 0 saturated heterocycles. The van der Waals surface area contributed by atoms with Crippen LogP contribution in [0, 0.1) is 10.8 Å². The summed E-state index contributed by atoms with van der Waals surface area (Å²) in [5.41, 5.74) is 1.81. The number of hydrogen-bond donors (Lipinski definition) is 0. The summed E-state index contributed by atoms with van der Waals surface area (Å²) >= 11 is 0. The SMILES string of the molecule is C1CCC2(CC1)CC21CCCC1. The summed E-state index contributed by atoms with van der Waals surface area (Å²) in [5, 5.41) is 0. The van der Waals surface area contributed by atoms with Crippen LogP contribution in [0.3, 0.4) is 0 Å². The topological polar surface area (TPSA) is 0 Å². The third kappa shape index (κ3) is 0.791. The van der Waals surface area contributed by atoms with Gasteiger partial charge in [0.05, 0.1) is 0 Å². The second-order valence-corrected chi connectivity index (χ2v) is 5.51. The summed E-state index contributed by atoms with van der Waals surface area (Å²) < 4.78 is 0. The fourth-order valence-corrected chi connectivity index (χ4v) is 4.30.